The van der Waals surface area contributed by atoms with Gasteiger partial charge in [-0.3, -0.25) is 19.3 Å². The Hall–Kier alpha value is -3.05. The van der Waals surface area contributed by atoms with Crippen LogP contribution < -0.4 is 14.8 Å². The van der Waals surface area contributed by atoms with Crippen LogP contribution >= 0.6 is 23.5 Å². The Morgan fingerprint density at radius 3 is 2.76 bits per heavy atom. The van der Waals surface area contributed by atoms with Crippen molar-refractivity contribution in [2.24, 2.45) is 0 Å². The molecule has 172 valence electrons. The van der Waals surface area contributed by atoms with Crippen LogP contribution in [-0.4, -0.2) is 47.6 Å². The molecule has 0 saturated carbocycles. The number of carbonyl (C=O) groups is 3. The quantitative estimate of drug-likeness (QED) is 0.440. The summed E-state index contributed by atoms with van der Waals surface area (Å²) >= 11 is 2.06. The number of rotatable bonds is 8. The summed E-state index contributed by atoms with van der Waals surface area (Å²) in [6.07, 6.45) is 1.76. The van der Waals surface area contributed by atoms with Crippen LogP contribution in [0.3, 0.4) is 0 Å². The topological polar surface area (TPSA) is 84.9 Å². The molecule has 2 aliphatic rings. The van der Waals surface area contributed by atoms with Gasteiger partial charge in [0, 0.05) is 30.2 Å². The fourth-order valence-corrected chi connectivity index (χ4v) is 4.81. The largest absolute Gasteiger partial charge is 0.454 e. The summed E-state index contributed by atoms with van der Waals surface area (Å²) in [4.78, 5) is 38.7. The van der Waals surface area contributed by atoms with Gasteiger partial charge in [-0.25, -0.2) is 8.78 Å². The van der Waals surface area contributed by atoms with E-state index in [4.69, 9.17) is 9.47 Å². The molecule has 2 aliphatic heterocycles. The van der Waals surface area contributed by atoms with Crippen LogP contribution in [0.15, 0.2) is 46.2 Å². The van der Waals surface area contributed by atoms with E-state index in [-0.39, 0.29) is 37.1 Å². The molecule has 1 saturated heterocycles. The normalized spacial score (nSPS) is 16.1. The van der Waals surface area contributed by atoms with Crippen LogP contribution in [0.4, 0.5) is 13.6 Å². The zero-order valence-electron chi connectivity index (χ0n) is 17.1. The third-order valence-electron chi connectivity index (χ3n) is 4.71. The number of nitrogens with one attached hydrogen (secondary N) is 1. The number of nitrogens with zero attached hydrogens (tertiary/aromatic N) is 1. The summed E-state index contributed by atoms with van der Waals surface area (Å²) < 4.78 is 36.7. The second-order valence-corrected chi connectivity index (χ2v) is 9.13. The van der Waals surface area contributed by atoms with Crippen LogP contribution in [0.25, 0.3) is 6.08 Å². The highest BCUT2D eigenvalue weighted by Crippen LogP contribution is 2.36. The molecule has 0 atom stereocenters. The molecular weight excluding hydrogens is 474 g/mol. The zero-order valence-corrected chi connectivity index (χ0v) is 18.8. The number of carbonyl (C=O) groups excluding carboxylic acids is 3. The van der Waals surface area contributed by atoms with Gasteiger partial charge in [-0.2, -0.15) is 0 Å². The molecule has 2 aromatic carbocycles. The molecule has 7 nitrogen and oxygen atoms in total. The van der Waals surface area contributed by atoms with Gasteiger partial charge in [0.05, 0.1) is 4.91 Å². The molecule has 0 spiro atoms. The molecule has 0 bridgehead atoms. The van der Waals surface area contributed by atoms with E-state index in [1.165, 1.54) is 17.8 Å². The number of amides is 3. The maximum atomic E-state index is 13.2. The zero-order chi connectivity index (χ0) is 23.4. The summed E-state index contributed by atoms with van der Waals surface area (Å²) in [5.74, 6) is -0.979. The van der Waals surface area contributed by atoms with E-state index in [1.807, 2.05) is 0 Å². The van der Waals surface area contributed by atoms with Crippen LogP contribution in [0, 0.1) is 11.6 Å². The fourth-order valence-electron chi connectivity index (χ4n) is 3.07. The first-order valence-corrected chi connectivity index (χ1v) is 11.7. The lowest BCUT2D eigenvalue weighted by Gasteiger charge is -2.13. The van der Waals surface area contributed by atoms with Gasteiger partial charge in [0.25, 0.3) is 11.1 Å². The molecule has 11 heteroatoms. The number of hydrogen-bond acceptors (Lipinski definition) is 7. The number of fused-ring (bicyclic) bond motifs is 1. The molecule has 0 unspecified atom stereocenters. The summed E-state index contributed by atoms with van der Waals surface area (Å²) in [7, 11) is 0. The third kappa shape index (κ3) is 5.66. The molecule has 2 aromatic rings. The van der Waals surface area contributed by atoms with Crippen molar-refractivity contribution in [3.8, 4) is 11.5 Å². The number of hydrogen-bond donors (Lipinski definition) is 1. The number of benzene rings is 2. The number of halogens is 2. The van der Waals surface area contributed by atoms with Crippen LogP contribution in [0.5, 0.6) is 11.5 Å². The SMILES string of the molecule is O=C(CCSc1ccc(F)c(F)c1)NCCN1C(=O)S/C(=C\c2ccc3c(c2)OCO3)C1=O. The molecule has 3 amide bonds. The Labute approximate surface area is 196 Å². The van der Waals surface area contributed by atoms with Gasteiger partial charge >= 0.3 is 0 Å². The monoisotopic (exact) mass is 492 g/mol. The summed E-state index contributed by atoms with van der Waals surface area (Å²) in [6.45, 7) is 0.305. The van der Waals surface area contributed by atoms with Crippen LogP contribution in [0.2, 0.25) is 0 Å². The highest BCUT2D eigenvalue weighted by Gasteiger charge is 2.34. The first-order chi connectivity index (χ1) is 15.9. The van der Waals surface area contributed by atoms with E-state index >= 15 is 0 Å². The lowest BCUT2D eigenvalue weighted by atomic mass is 10.2. The van der Waals surface area contributed by atoms with Crippen molar-refractivity contribution in [1.82, 2.24) is 10.2 Å². The molecule has 0 radical (unpaired) electrons. The Bertz CT molecular complexity index is 1140. The second kappa shape index (κ2) is 10.3. The van der Waals surface area contributed by atoms with E-state index in [0.717, 1.165) is 28.8 Å². The molecule has 33 heavy (non-hydrogen) atoms. The Balaban J connectivity index is 1.23. The van der Waals surface area contributed by atoms with E-state index in [0.29, 0.717) is 27.7 Å². The predicted octanol–water partition coefficient (Wildman–Crippen LogP) is 4.03. The van der Waals surface area contributed by atoms with E-state index in [9.17, 15) is 23.2 Å². The van der Waals surface area contributed by atoms with Crippen molar-refractivity contribution in [3.63, 3.8) is 0 Å². The van der Waals surface area contributed by atoms with Gasteiger partial charge in [0.1, 0.15) is 0 Å². The van der Waals surface area contributed by atoms with Crippen molar-refractivity contribution < 1.29 is 32.6 Å². The van der Waals surface area contributed by atoms with Crippen LogP contribution in [0.1, 0.15) is 12.0 Å². The smallest absolute Gasteiger partial charge is 0.293 e. The van der Waals surface area contributed by atoms with Gasteiger partial charge in [-0.15, -0.1) is 11.8 Å². The first-order valence-electron chi connectivity index (χ1n) is 9.90. The van der Waals surface area contributed by atoms with Crippen molar-refractivity contribution >= 4 is 46.7 Å². The summed E-state index contributed by atoms with van der Waals surface area (Å²) in [5.41, 5.74) is 0.705. The minimum Gasteiger partial charge on any atom is -0.454 e. The van der Waals surface area contributed by atoms with E-state index in [1.54, 1.807) is 24.3 Å². The first kappa shape index (κ1) is 23.1. The Kier molecular flexibility index (Phi) is 7.19. The maximum absolute atomic E-state index is 13.2. The van der Waals surface area contributed by atoms with Crippen molar-refractivity contribution in [1.29, 1.82) is 0 Å². The minimum absolute atomic E-state index is 0.0468. The molecular formula is C22H18F2N2O5S2. The second-order valence-electron chi connectivity index (χ2n) is 6.97. The minimum atomic E-state index is -0.936. The third-order valence-corrected chi connectivity index (χ3v) is 6.62. The van der Waals surface area contributed by atoms with Gasteiger partial charge in [-0.1, -0.05) is 6.07 Å². The standard InChI is InChI=1S/C22H18F2N2O5S2/c23-15-3-2-14(11-16(15)24)32-8-5-20(27)25-6-7-26-21(28)19(33-22(26)29)10-13-1-4-17-18(9-13)31-12-30-17/h1-4,9-11H,5-8,12H2,(H,25,27)/b19-10-. The van der Waals surface area contributed by atoms with E-state index in [2.05, 4.69) is 5.32 Å². The van der Waals surface area contributed by atoms with Gasteiger partial charge in [0.15, 0.2) is 23.1 Å². The molecule has 2 heterocycles. The van der Waals surface area contributed by atoms with Gasteiger partial charge in [0.2, 0.25) is 12.7 Å². The van der Waals surface area contributed by atoms with Crippen molar-refractivity contribution in [2.75, 3.05) is 25.6 Å². The number of thioether (sulfide) groups is 2. The fraction of sp³-hybridized carbons (Fsp3) is 0.227. The molecule has 1 N–H and O–H groups in total. The lowest BCUT2D eigenvalue weighted by molar-refractivity contribution is -0.124. The van der Waals surface area contributed by atoms with Crippen LogP contribution in [-0.2, 0) is 9.59 Å². The number of imide groups is 1. The van der Waals surface area contributed by atoms with Crippen molar-refractivity contribution in [3.05, 3.63) is 58.5 Å². The number of ether oxygens (including phenoxy) is 2. The predicted molar refractivity (Wildman–Crippen MR) is 120 cm³/mol. The molecule has 1 fully saturated rings. The Morgan fingerprint density at radius 1 is 1.12 bits per heavy atom. The van der Waals surface area contributed by atoms with Gasteiger partial charge in [-0.05, 0) is 53.7 Å². The summed E-state index contributed by atoms with van der Waals surface area (Å²) in [5, 5.41) is 2.25. The highest BCUT2D eigenvalue weighted by molar-refractivity contribution is 8.18. The van der Waals surface area contributed by atoms with Crippen molar-refractivity contribution in [2.45, 2.75) is 11.3 Å². The lowest BCUT2D eigenvalue weighted by Crippen LogP contribution is -2.37. The van der Waals surface area contributed by atoms with E-state index < -0.39 is 22.8 Å². The maximum Gasteiger partial charge on any atom is 0.293 e. The van der Waals surface area contributed by atoms with Gasteiger partial charge < -0.3 is 14.8 Å². The Morgan fingerprint density at radius 2 is 1.94 bits per heavy atom. The molecule has 4 rings (SSSR count). The molecule has 0 aliphatic carbocycles. The summed E-state index contributed by atoms with van der Waals surface area (Å²) in [6, 6.07) is 8.79. The molecule has 0 aromatic heterocycles. The average molecular weight is 493 g/mol. The highest BCUT2D eigenvalue weighted by atomic mass is 32.2. The average Bonchev–Trinajstić information content (AvgIpc) is 3.35.